The lowest BCUT2D eigenvalue weighted by Gasteiger charge is -2.15. The first-order valence-corrected chi connectivity index (χ1v) is 8.71. The van der Waals surface area contributed by atoms with Gasteiger partial charge in [0, 0.05) is 32.6 Å². The van der Waals surface area contributed by atoms with Gasteiger partial charge in [-0.15, -0.1) is 0 Å². The van der Waals surface area contributed by atoms with Gasteiger partial charge in [0.05, 0.1) is 23.7 Å². The molecule has 0 saturated carbocycles. The molecule has 1 heterocycles. The van der Waals surface area contributed by atoms with E-state index in [1.807, 2.05) is 0 Å². The van der Waals surface area contributed by atoms with E-state index in [-0.39, 0.29) is 24.1 Å². The molecule has 3 aromatic rings. The molecule has 0 saturated heterocycles. The molecule has 0 fully saturated rings. The lowest BCUT2D eigenvalue weighted by atomic mass is 10.1. The van der Waals surface area contributed by atoms with Crippen LogP contribution in [0.5, 0.6) is 5.75 Å². The summed E-state index contributed by atoms with van der Waals surface area (Å²) in [6, 6.07) is 9.20. The molecule has 2 amide bonds. The van der Waals surface area contributed by atoms with E-state index < -0.39 is 0 Å². The molecule has 0 bridgehead atoms. The van der Waals surface area contributed by atoms with Crippen LogP contribution in [0.15, 0.2) is 36.4 Å². The number of imidazole rings is 1. The number of nitrogens with one attached hydrogen (secondary N) is 2. The largest absolute Gasteiger partial charge is 0.496 e. The molecule has 0 aliphatic carbocycles. The lowest BCUT2D eigenvalue weighted by Crippen LogP contribution is -2.22. The van der Waals surface area contributed by atoms with Crippen LogP contribution in [0.25, 0.3) is 11.0 Å². The van der Waals surface area contributed by atoms with Crippen molar-refractivity contribution in [1.82, 2.24) is 14.9 Å². The fourth-order valence-corrected chi connectivity index (χ4v) is 2.80. The van der Waals surface area contributed by atoms with Crippen LogP contribution in [0.4, 0.5) is 10.1 Å². The van der Waals surface area contributed by atoms with Crippen LogP contribution in [-0.2, 0) is 11.2 Å². The minimum atomic E-state index is -0.344. The van der Waals surface area contributed by atoms with Crippen molar-refractivity contribution >= 4 is 28.5 Å². The van der Waals surface area contributed by atoms with Gasteiger partial charge in [0.15, 0.2) is 0 Å². The van der Waals surface area contributed by atoms with Crippen molar-refractivity contribution in [2.75, 3.05) is 26.5 Å². The number of halogens is 1. The SMILES string of the molecule is COc1ccc(NC(=O)CCc2nc3ccc(F)cc3[nH]2)cc1C(=O)N(C)C. The third-order valence-electron chi connectivity index (χ3n) is 4.20. The zero-order chi connectivity index (χ0) is 20.3. The van der Waals surface area contributed by atoms with Gasteiger partial charge in [-0.25, -0.2) is 9.37 Å². The Hall–Kier alpha value is -3.42. The van der Waals surface area contributed by atoms with Gasteiger partial charge >= 0.3 is 0 Å². The topological polar surface area (TPSA) is 87.3 Å². The highest BCUT2D eigenvalue weighted by molar-refractivity contribution is 5.99. The molecule has 0 radical (unpaired) electrons. The molecule has 2 aromatic carbocycles. The number of hydrogen-bond donors (Lipinski definition) is 2. The summed E-state index contributed by atoms with van der Waals surface area (Å²) < 4.78 is 18.5. The summed E-state index contributed by atoms with van der Waals surface area (Å²) in [5, 5.41) is 2.77. The number of hydrogen-bond acceptors (Lipinski definition) is 4. The maximum Gasteiger partial charge on any atom is 0.257 e. The first-order valence-electron chi connectivity index (χ1n) is 8.71. The number of aryl methyl sites for hydroxylation is 1. The van der Waals surface area contributed by atoms with E-state index >= 15 is 0 Å². The highest BCUT2D eigenvalue weighted by Crippen LogP contribution is 2.24. The fourth-order valence-electron chi connectivity index (χ4n) is 2.80. The molecule has 0 unspecified atom stereocenters. The second kappa shape index (κ2) is 8.08. The van der Waals surface area contributed by atoms with E-state index in [4.69, 9.17) is 4.74 Å². The third-order valence-corrected chi connectivity index (χ3v) is 4.20. The molecule has 3 rings (SSSR count). The fraction of sp³-hybridized carbons (Fsp3) is 0.250. The summed E-state index contributed by atoms with van der Waals surface area (Å²) in [7, 11) is 4.78. The Morgan fingerprint density at radius 2 is 2.00 bits per heavy atom. The normalized spacial score (nSPS) is 10.7. The van der Waals surface area contributed by atoms with E-state index in [2.05, 4.69) is 15.3 Å². The van der Waals surface area contributed by atoms with Gasteiger partial charge in [-0.05, 0) is 36.4 Å². The van der Waals surface area contributed by atoms with Gasteiger partial charge in [0.1, 0.15) is 17.4 Å². The Labute approximate surface area is 161 Å². The van der Waals surface area contributed by atoms with Crippen LogP contribution in [0.2, 0.25) is 0 Å². The van der Waals surface area contributed by atoms with Crippen LogP contribution < -0.4 is 10.1 Å². The summed E-state index contributed by atoms with van der Waals surface area (Å²) in [4.78, 5) is 33.4. The van der Waals surface area contributed by atoms with Crippen molar-refractivity contribution in [3.05, 3.63) is 53.6 Å². The standard InChI is InChI=1S/C20H21FN4O3/c1-25(2)20(27)14-11-13(5-7-17(14)28-3)22-19(26)9-8-18-23-15-6-4-12(21)10-16(15)24-18/h4-7,10-11H,8-9H2,1-3H3,(H,22,26)(H,23,24). The molecule has 1 aromatic heterocycles. The summed E-state index contributed by atoms with van der Waals surface area (Å²) in [6.45, 7) is 0. The van der Waals surface area contributed by atoms with Gasteiger partial charge in [-0.1, -0.05) is 0 Å². The molecule has 0 atom stereocenters. The quantitative estimate of drug-likeness (QED) is 0.684. The highest BCUT2D eigenvalue weighted by atomic mass is 19.1. The maximum absolute atomic E-state index is 13.2. The minimum absolute atomic E-state index is 0.186. The smallest absolute Gasteiger partial charge is 0.257 e. The molecule has 8 heteroatoms. The minimum Gasteiger partial charge on any atom is -0.496 e. The lowest BCUT2D eigenvalue weighted by molar-refractivity contribution is -0.116. The average Bonchev–Trinajstić information content (AvgIpc) is 3.07. The molecule has 7 nitrogen and oxygen atoms in total. The molecule has 0 aliphatic heterocycles. The Balaban J connectivity index is 1.67. The van der Waals surface area contributed by atoms with Gasteiger partial charge in [-0.3, -0.25) is 9.59 Å². The molecule has 2 N–H and O–H groups in total. The van der Waals surface area contributed by atoms with Crippen LogP contribution in [-0.4, -0.2) is 47.9 Å². The highest BCUT2D eigenvalue weighted by Gasteiger charge is 2.16. The van der Waals surface area contributed by atoms with Crippen molar-refractivity contribution in [3.63, 3.8) is 0 Å². The Morgan fingerprint density at radius 3 is 2.71 bits per heavy atom. The number of rotatable bonds is 6. The number of H-pyrrole nitrogens is 1. The molecular formula is C20H21FN4O3. The van der Waals surface area contributed by atoms with E-state index in [1.54, 1.807) is 38.4 Å². The predicted molar refractivity (Wildman–Crippen MR) is 104 cm³/mol. The Bertz CT molecular complexity index is 1030. The van der Waals surface area contributed by atoms with Crippen molar-refractivity contribution in [2.24, 2.45) is 0 Å². The molecule has 0 spiro atoms. The van der Waals surface area contributed by atoms with Crippen LogP contribution >= 0.6 is 0 Å². The third kappa shape index (κ3) is 4.28. The van der Waals surface area contributed by atoms with Crippen molar-refractivity contribution in [1.29, 1.82) is 0 Å². The van der Waals surface area contributed by atoms with Gasteiger partial charge in [0.2, 0.25) is 5.91 Å². The average molecular weight is 384 g/mol. The summed E-state index contributed by atoms with van der Waals surface area (Å²) in [5.74, 6) is 0.255. The second-order valence-corrected chi connectivity index (χ2v) is 6.51. The van der Waals surface area contributed by atoms with Crippen molar-refractivity contribution in [3.8, 4) is 5.75 Å². The Morgan fingerprint density at radius 1 is 1.21 bits per heavy atom. The number of anilines is 1. The van der Waals surface area contributed by atoms with Crippen LogP contribution in [0, 0.1) is 5.82 Å². The number of carbonyl (C=O) groups is 2. The first kappa shape index (κ1) is 19.3. The molecule has 28 heavy (non-hydrogen) atoms. The van der Waals surface area contributed by atoms with Crippen LogP contribution in [0.1, 0.15) is 22.6 Å². The Kier molecular flexibility index (Phi) is 5.58. The monoisotopic (exact) mass is 384 g/mol. The summed E-state index contributed by atoms with van der Waals surface area (Å²) in [6.07, 6.45) is 0.563. The first-order chi connectivity index (χ1) is 13.4. The number of carbonyl (C=O) groups excluding carboxylic acids is 2. The predicted octanol–water partition coefficient (Wildman–Crippen LogP) is 2.98. The summed E-state index contributed by atoms with van der Waals surface area (Å²) in [5.41, 5.74) is 2.11. The number of nitrogens with zero attached hydrogens (tertiary/aromatic N) is 2. The van der Waals surface area contributed by atoms with Crippen molar-refractivity contribution in [2.45, 2.75) is 12.8 Å². The zero-order valence-electron chi connectivity index (χ0n) is 15.9. The molecular weight excluding hydrogens is 363 g/mol. The van der Waals surface area contributed by atoms with Gasteiger partial charge in [-0.2, -0.15) is 0 Å². The number of benzene rings is 2. The van der Waals surface area contributed by atoms with Gasteiger partial charge < -0.3 is 19.9 Å². The second-order valence-electron chi connectivity index (χ2n) is 6.51. The van der Waals surface area contributed by atoms with E-state index in [1.165, 1.54) is 24.1 Å². The number of methoxy groups -OCH3 is 1. The maximum atomic E-state index is 13.2. The van der Waals surface area contributed by atoms with E-state index in [0.717, 1.165) is 0 Å². The number of ether oxygens (including phenoxy) is 1. The summed E-state index contributed by atoms with van der Waals surface area (Å²) >= 11 is 0. The molecule has 146 valence electrons. The number of amides is 2. The number of aromatic nitrogens is 2. The van der Waals surface area contributed by atoms with Crippen molar-refractivity contribution < 1.29 is 18.7 Å². The molecule has 0 aliphatic rings. The zero-order valence-corrected chi connectivity index (χ0v) is 15.9. The van der Waals surface area contributed by atoms with Gasteiger partial charge in [0.25, 0.3) is 5.91 Å². The number of aromatic amines is 1. The van der Waals surface area contributed by atoms with Crippen LogP contribution in [0.3, 0.4) is 0 Å². The van der Waals surface area contributed by atoms with E-state index in [0.29, 0.717) is 40.3 Å². The number of fused-ring (bicyclic) bond motifs is 1. The van der Waals surface area contributed by atoms with E-state index in [9.17, 15) is 14.0 Å².